The van der Waals surface area contributed by atoms with E-state index in [1.165, 1.54) is 7.11 Å². The number of carbonyl (C=O) groups excluding carboxylic acids is 1. The molecule has 2 N–H and O–H groups in total. The average molecular weight is 394 g/mol. The summed E-state index contributed by atoms with van der Waals surface area (Å²) in [6, 6.07) is 5.63. The number of aliphatic hydroxyl groups excluding tert-OH is 1. The Balaban J connectivity index is 1.86. The molecule has 0 radical (unpaired) electrons. The highest BCUT2D eigenvalue weighted by atomic mass is 16.5. The van der Waals surface area contributed by atoms with Crippen molar-refractivity contribution >= 4 is 22.5 Å². The van der Waals surface area contributed by atoms with E-state index in [2.05, 4.69) is 20.3 Å². The summed E-state index contributed by atoms with van der Waals surface area (Å²) in [5, 5.41) is 14.7. The summed E-state index contributed by atoms with van der Waals surface area (Å²) in [5.74, 6) is 0.198. The SMILES string of the molecule is CCC[C@@H](O)c1cc(C)c(-c2cc3cnc(NC(=O)[C@@H](C)OC)cc3cn2)cn1. The Hall–Kier alpha value is -2.90. The highest BCUT2D eigenvalue weighted by molar-refractivity contribution is 5.95. The zero-order valence-electron chi connectivity index (χ0n) is 17.1. The van der Waals surface area contributed by atoms with Crippen LogP contribution in [0.1, 0.15) is 44.1 Å². The zero-order chi connectivity index (χ0) is 21.0. The quantitative estimate of drug-likeness (QED) is 0.632. The molecule has 0 aromatic carbocycles. The lowest BCUT2D eigenvalue weighted by Gasteiger charge is -2.12. The van der Waals surface area contributed by atoms with E-state index < -0.39 is 12.2 Å². The van der Waals surface area contributed by atoms with Crippen LogP contribution in [0.3, 0.4) is 0 Å². The summed E-state index contributed by atoms with van der Waals surface area (Å²) in [6.07, 6.45) is 5.70. The number of amides is 1. The van der Waals surface area contributed by atoms with Crippen LogP contribution in [0.5, 0.6) is 0 Å². The number of nitrogens with zero attached hydrogens (tertiary/aromatic N) is 3. The van der Waals surface area contributed by atoms with Crippen LogP contribution in [-0.4, -0.2) is 39.2 Å². The molecule has 3 aromatic rings. The summed E-state index contributed by atoms with van der Waals surface area (Å²) >= 11 is 0. The van der Waals surface area contributed by atoms with Crippen molar-refractivity contribution in [3.63, 3.8) is 0 Å². The van der Waals surface area contributed by atoms with Crippen LogP contribution in [0, 0.1) is 6.92 Å². The minimum absolute atomic E-state index is 0.254. The standard InChI is InChI=1S/C22H26N4O3/c1-5-6-20(27)19-7-13(2)17(12-24-19)18-8-15-11-25-21(9-16(15)10-23-18)26-22(28)14(3)29-4/h7-12,14,20,27H,5-6H2,1-4H3,(H,25,26,28)/t14-,20-/m1/s1. The maximum absolute atomic E-state index is 12.0. The summed E-state index contributed by atoms with van der Waals surface area (Å²) in [5.41, 5.74) is 3.37. The number of aromatic nitrogens is 3. The van der Waals surface area contributed by atoms with Gasteiger partial charge in [-0.25, -0.2) is 4.98 Å². The molecule has 29 heavy (non-hydrogen) atoms. The van der Waals surface area contributed by atoms with E-state index in [9.17, 15) is 9.90 Å². The number of methoxy groups -OCH3 is 1. The van der Waals surface area contributed by atoms with Crippen molar-refractivity contribution in [3.8, 4) is 11.3 Å². The van der Waals surface area contributed by atoms with Gasteiger partial charge in [0, 0.05) is 42.0 Å². The van der Waals surface area contributed by atoms with Crippen LogP contribution in [-0.2, 0) is 9.53 Å². The van der Waals surface area contributed by atoms with Crippen molar-refractivity contribution in [2.45, 2.75) is 45.8 Å². The van der Waals surface area contributed by atoms with Gasteiger partial charge in [0.15, 0.2) is 0 Å². The lowest BCUT2D eigenvalue weighted by atomic mass is 10.0. The first-order valence-electron chi connectivity index (χ1n) is 9.67. The Labute approximate surface area is 170 Å². The molecule has 0 unspecified atom stereocenters. The van der Waals surface area contributed by atoms with E-state index in [0.717, 1.165) is 34.0 Å². The molecule has 0 aliphatic rings. The maximum atomic E-state index is 12.0. The lowest BCUT2D eigenvalue weighted by Crippen LogP contribution is -2.26. The molecule has 0 saturated carbocycles. The molecule has 152 valence electrons. The molecular weight excluding hydrogens is 368 g/mol. The Morgan fingerprint density at radius 2 is 1.86 bits per heavy atom. The molecule has 3 heterocycles. The molecule has 3 rings (SSSR count). The third-order valence-electron chi connectivity index (χ3n) is 4.89. The van der Waals surface area contributed by atoms with Crippen molar-refractivity contribution in [3.05, 3.63) is 48.0 Å². The second-order valence-electron chi connectivity index (χ2n) is 7.08. The van der Waals surface area contributed by atoms with Gasteiger partial charge in [-0.1, -0.05) is 13.3 Å². The van der Waals surface area contributed by atoms with E-state index in [4.69, 9.17) is 4.74 Å². The van der Waals surface area contributed by atoms with E-state index in [-0.39, 0.29) is 5.91 Å². The van der Waals surface area contributed by atoms with Gasteiger partial charge < -0.3 is 15.2 Å². The molecule has 0 saturated heterocycles. The van der Waals surface area contributed by atoms with E-state index in [1.54, 1.807) is 31.6 Å². The van der Waals surface area contributed by atoms with Crippen LogP contribution in [0.25, 0.3) is 22.0 Å². The summed E-state index contributed by atoms with van der Waals surface area (Å²) in [7, 11) is 1.48. The van der Waals surface area contributed by atoms with Crippen molar-refractivity contribution in [1.29, 1.82) is 0 Å². The third-order valence-corrected chi connectivity index (χ3v) is 4.89. The normalized spacial score (nSPS) is 13.3. The Morgan fingerprint density at radius 3 is 2.55 bits per heavy atom. The van der Waals surface area contributed by atoms with Gasteiger partial charge in [-0.05, 0) is 44.0 Å². The van der Waals surface area contributed by atoms with Gasteiger partial charge in [-0.2, -0.15) is 0 Å². The van der Waals surface area contributed by atoms with Gasteiger partial charge >= 0.3 is 0 Å². The van der Waals surface area contributed by atoms with Gasteiger partial charge in [0.2, 0.25) is 0 Å². The average Bonchev–Trinajstić information content (AvgIpc) is 2.72. The van der Waals surface area contributed by atoms with Crippen LogP contribution >= 0.6 is 0 Å². The van der Waals surface area contributed by atoms with Gasteiger partial charge in [-0.15, -0.1) is 0 Å². The number of aryl methyl sites for hydroxylation is 1. The molecule has 0 spiro atoms. The van der Waals surface area contributed by atoms with Crippen molar-refractivity contribution in [2.75, 3.05) is 12.4 Å². The Morgan fingerprint density at radius 1 is 1.14 bits per heavy atom. The number of carbonyl (C=O) groups is 1. The number of fused-ring (bicyclic) bond motifs is 1. The third kappa shape index (κ3) is 4.75. The highest BCUT2D eigenvalue weighted by Crippen LogP contribution is 2.27. The van der Waals surface area contributed by atoms with Gasteiger partial charge in [0.25, 0.3) is 5.91 Å². The topological polar surface area (TPSA) is 97.2 Å². The summed E-state index contributed by atoms with van der Waals surface area (Å²) in [6.45, 7) is 5.69. The molecule has 0 fully saturated rings. The first-order valence-corrected chi connectivity index (χ1v) is 9.67. The molecule has 3 aromatic heterocycles. The highest BCUT2D eigenvalue weighted by Gasteiger charge is 2.14. The molecule has 7 nitrogen and oxygen atoms in total. The van der Waals surface area contributed by atoms with Crippen LogP contribution < -0.4 is 5.32 Å². The molecule has 0 aliphatic carbocycles. The molecule has 2 atom stereocenters. The van der Waals surface area contributed by atoms with E-state index >= 15 is 0 Å². The fraction of sp³-hybridized carbons (Fsp3) is 0.364. The van der Waals surface area contributed by atoms with Crippen LogP contribution in [0.4, 0.5) is 5.82 Å². The van der Waals surface area contributed by atoms with Crippen molar-refractivity contribution < 1.29 is 14.6 Å². The molecule has 0 bridgehead atoms. The zero-order valence-corrected chi connectivity index (χ0v) is 17.1. The second kappa shape index (κ2) is 9.07. The smallest absolute Gasteiger partial charge is 0.254 e. The largest absolute Gasteiger partial charge is 0.387 e. The molecule has 0 aliphatic heterocycles. The summed E-state index contributed by atoms with van der Waals surface area (Å²) in [4.78, 5) is 25.2. The fourth-order valence-corrected chi connectivity index (χ4v) is 3.04. The number of aliphatic hydroxyl groups is 1. The first kappa shape index (κ1) is 20.8. The number of rotatable bonds is 7. The van der Waals surface area contributed by atoms with Gasteiger partial charge in [-0.3, -0.25) is 14.8 Å². The number of anilines is 1. The Bertz CT molecular complexity index is 1020. The van der Waals surface area contributed by atoms with E-state index in [0.29, 0.717) is 17.9 Å². The molecule has 1 amide bonds. The van der Waals surface area contributed by atoms with Crippen molar-refractivity contribution in [1.82, 2.24) is 15.0 Å². The Kier molecular flexibility index (Phi) is 6.51. The predicted molar refractivity (Wildman–Crippen MR) is 112 cm³/mol. The number of pyridine rings is 3. The minimum atomic E-state index is -0.553. The fourth-order valence-electron chi connectivity index (χ4n) is 3.04. The first-order chi connectivity index (χ1) is 13.9. The summed E-state index contributed by atoms with van der Waals surface area (Å²) < 4.78 is 5.01. The number of hydrogen-bond donors (Lipinski definition) is 2. The maximum Gasteiger partial charge on any atom is 0.254 e. The van der Waals surface area contributed by atoms with Crippen LogP contribution in [0.15, 0.2) is 36.8 Å². The number of hydrogen-bond acceptors (Lipinski definition) is 6. The van der Waals surface area contributed by atoms with Crippen molar-refractivity contribution in [2.24, 2.45) is 0 Å². The molecular formula is C22H26N4O3. The lowest BCUT2D eigenvalue weighted by molar-refractivity contribution is -0.124. The monoisotopic (exact) mass is 394 g/mol. The predicted octanol–water partition coefficient (Wildman–Crippen LogP) is 3.81. The number of ether oxygens (including phenoxy) is 1. The second-order valence-corrected chi connectivity index (χ2v) is 7.08. The van der Waals surface area contributed by atoms with E-state index in [1.807, 2.05) is 26.0 Å². The van der Waals surface area contributed by atoms with Crippen LogP contribution in [0.2, 0.25) is 0 Å². The van der Waals surface area contributed by atoms with Gasteiger partial charge in [0.05, 0.1) is 17.5 Å². The molecule has 7 heteroatoms. The number of nitrogens with one attached hydrogen (secondary N) is 1. The van der Waals surface area contributed by atoms with Gasteiger partial charge in [0.1, 0.15) is 11.9 Å². The minimum Gasteiger partial charge on any atom is -0.387 e.